The molecule has 0 spiro atoms. The minimum Gasteiger partial charge on any atom is -0.484 e. The number of hydrogen-bond donors (Lipinski definition) is 2. The molecule has 0 unspecified atom stereocenters. The molecule has 0 bridgehead atoms. The van der Waals surface area contributed by atoms with Crippen LogP contribution in [0.5, 0.6) is 5.75 Å². The van der Waals surface area contributed by atoms with Crippen molar-refractivity contribution in [3.8, 4) is 5.75 Å². The highest BCUT2D eigenvalue weighted by Gasteiger charge is 2.32. The molecule has 0 atom stereocenters. The van der Waals surface area contributed by atoms with Crippen LogP contribution in [0.1, 0.15) is 32.1 Å². The summed E-state index contributed by atoms with van der Waals surface area (Å²) in [5.41, 5.74) is -0.446. The van der Waals surface area contributed by atoms with Crippen LogP contribution in [0.2, 0.25) is 0 Å². The fraction of sp³-hybridized carbons (Fsp3) is 0.533. The van der Waals surface area contributed by atoms with E-state index >= 15 is 0 Å². The second-order valence-electron chi connectivity index (χ2n) is 5.29. The van der Waals surface area contributed by atoms with E-state index in [1.807, 2.05) is 12.1 Å². The molecule has 1 aromatic rings. The number of carbonyl (C=O) groups excluding carboxylic acids is 1. The topological polar surface area (TPSA) is 58.6 Å². The first-order valence-corrected chi connectivity index (χ1v) is 7.73. The number of rotatable bonds is 5. The van der Waals surface area contributed by atoms with Crippen molar-refractivity contribution in [1.82, 2.24) is 5.32 Å². The van der Waals surface area contributed by atoms with Gasteiger partial charge in [0, 0.05) is 4.47 Å². The van der Waals surface area contributed by atoms with Crippen LogP contribution < -0.4 is 10.1 Å². The highest BCUT2D eigenvalue weighted by atomic mass is 79.9. The largest absolute Gasteiger partial charge is 0.484 e. The number of aliphatic hydroxyl groups excluding tert-OH is 1. The van der Waals surface area contributed by atoms with Gasteiger partial charge in [-0.25, -0.2) is 0 Å². The van der Waals surface area contributed by atoms with E-state index in [9.17, 15) is 9.90 Å². The third-order valence-corrected chi connectivity index (χ3v) is 4.23. The fourth-order valence-electron chi connectivity index (χ4n) is 2.56. The van der Waals surface area contributed by atoms with Crippen LogP contribution in [0.4, 0.5) is 0 Å². The van der Waals surface area contributed by atoms with E-state index < -0.39 is 5.54 Å². The van der Waals surface area contributed by atoms with Gasteiger partial charge in [-0.05, 0) is 37.1 Å². The van der Waals surface area contributed by atoms with E-state index in [-0.39, 0.29) is 19.1 Å². The van der Waals surface area contributed by atoms with Gasteiger partial charge in [-0.1, -0.05) is 35.2 Å². The van der Waals surface area contributed by atoms with Gasteiger partial charge in [-0.3, -0.25) is 4.79 Å². The molecule has 0 heterocycles. The number of carbonyl (C=O) groups is 1. The molecule has 2 N–H and O–H groups in total. The monoisotopic (exact) mass is 341 g/mol. The Morgan fingerprint density at radius 1 is 1.25 bits per heavy atom. The van der Waals surface area contributed by atoms with Crippen LogP contribution in [0.15, 0.2) is 28.7 Å². The highest BCUT2D eigenvalue weighted by Crippen LogP contribution is 2.27. The SMILES string of the molecule is O=C(COc1ccc(Br)cc1)NC1(CO)CCCCC1. The number of nitrogens with one attached hydrogen (secondary N) is 1. The molecule has 1 aromatic carbocycles. The Labute approximate surface area is 127 Å². The van der Waals surface area contributed by atoms with Gasteiger partial charge in [-0.2, -0.15) is 0 Å². The molecule has 1 saturated carbocycles. The van der Waals surface area contributed by atoms with Crippen LogP contribution in [-0.2, 0) is 4.79 Å². The van der Waals surface area contributed by atoms with Gasteiger partial charge in [0.1, 0.15) is 5.75 Å². The highest BCUT2D eigenvalue weighted by molar-refractivity contribution is 9.10. The number of ether oxygens (including phenoxy) is 1. The van der Waals surface area contributed by atoms with Crippen LogP contribution in [-0.4, -0.2) is 29.8 Å². The third kappa shape index (κ3) is 4.21. The Hall–Kier alpha value is -1.07. The van der Waals surface area contributed by atoms with E-state index in [0.29, 0.717) is 5.75 Å². The van der Waals surface area contributed by atoms with Crippen molar-refractivity contribution < 1.29 is 14.6 Å². The Kier molecular flexibility index (Phi) is 5.43. The first kappa shape index (κ1) is 15.3. The molecule has 0 saturated heterocycles. The molecule has 1 fully saturated rings. The summed E-state index contributed by atoms with van der Waals surface area (Å²) in [6.45, 7) is -0.0274. The zero-order valence-corrected chi connectivity index (χ0v) is 13.0. The van der Waals surface area contributed by atoms with Crippen molar-refractivity contribution in [2.45, 2.75) is 37.6 Å². The van der Waals surface area contributed by atoms with Crippen LogP contribution in [0.3, 0.4) is 0 Å². The second-order valence-corrected chi connectivity index (χ2v) is 6.21. The van der Waals surface area contributed by atoms with E-state index in [0.717, 1.165) is 30.2 Å². The van der Waals surface area contributed by atoms with E-state index in [2.05, 4.69) is 21.2 Å². The first-order chi connectivity index (χ1) is 9.63. The first-order valence-electron chi connectivity index (χ1n) is 6.94. The molecule has 110 valence electrons. The Bertz CT molecular complexity index is 441. The number of halogens is 1. The van der Waals surface area contributed by atoms with Crippen molar-refractivity contribution in [3.63, 3.8) is 0 Å². The molecule has 20 heavy (non-hydrogen) atoms. The Morgan fingerprint density at radius 3 is 2.50 bits per heavy atom. The number of amides is 1. The molecule has 1 amide bonds. The Morgan fingerprint density at radius 2 is 1.90 bits per heavy atom. The van der Waals surface area contributed by atoms with Gasteiger partial charge < -0.3 is 15.2 Å². The van der Waals surface area contributed by atoms with Crippen molar-refractivity contribution >= 4 is 21.8 Å². The van der Waals surface area contributed by atoms with Gasteiger partial charge in [0.2, 0.25) is 0 Å². The summed E-state index contributed by atoms with van der Waals surface area (Å²) < 4.78 is 6.41. The summed E-state index contributed by atoms with van der Waals surface area (Å²) in [7, 11) is 0. The van der Waals surface area contributed by atoms with E-state index in [1.165, 1.54) is 6.42 Å². The van der Waals surface area contributed by atoms with Crippen molar-refractivity contribution in [3.05, 3.63) is 28.7 Å². The fourth-order valence-corrected chi connectivity index (χ4v) is 2.83. The smallest absolute Gasteiger partial charge is 0.258 e. The molecule has 0 radical (unpaired) electrons. The lowest BCUT2D eigenvalue weighted by Crippen LogP contribution is -2.53. The second kappa shape index (κ2) is 7.09. The minimum absolute atomic E-state index is 0.00295. The average molecular weight is 342 g/mol. The average Bonchev–Trinajstić information content (AvgIpc) is 2.47. The Balaban J connectivity index is 1.83. The number of benzene rings is 1. The van der Waals surface area contributed by atoms with E-state index in [4.69, 9.17) is 4.74 Å². The summed E-state index contributed by atoms with van der Waals surface area (Å²) in [4.78, 5) is 12.0. The van der Waals surface area contributed by atoms with Gasteiger partial charge in [0.25, 0.3) is 5.91 Å². The maximum absolute atomic E-state index is 12.0. The minimum atomic E-state index is -0.446. The van der Waals surface area contributed by atoms with Crippen molar-refractivity contribution in [2.24, 2.45) is 0 Å². The molecule has 1 aliphatic rings. The predicted molar refractivity (Wildman–Crippen MR) is 80.7 cm³/mol. The van der Waals surface area contributed by atoms with Crippen LogP contribution in [0.25, 0.3) is 0 Å². The van der Waals surface area contributed by atoms with Crippen molar-refractivity contribution in [2.75, 3.05) is 13.2 Å². The van der Waals surface area contributed by atoms with Crippen LogP contribution >= 0.6 is 15.9 Å². The van der Waals surface area contributed by atoms with E-state index in [1.54, 1.807) is 12.1 Å². The zero-order chi connectivity index (χ0) is 14.4. The lowest BCUT2D eigenvalue weighted by atomic mass is 9.82. The van der Waals surface area contributed by atoms with Crippen molar-refractivity contribution in [1.29, 1.82) is 0 Å². The summed E-state index contributed by atoms with van der Waals surface area (Å²) in [6.07, 6.45) is 4.96. The lowest BCUT2D eigenvalue weighted by molar-refractivity contribution is -0.126. The standard InChI is InChI=1S/C15H20BrNO3/c16-12-4-6-13(7-5-12)20-10-14(19)17-15(11-18)8-2-1-3-9-15/h4-7,18H,1-3,8-11H2,(H,17,19). The molecule has 0 aromatic heterocycles. The van der Waals surface area contributed by atoms with Gasteiger partial charge in [-0.15, -0.1) is 0 Å². The van der Waals surface area contributed by atoms with Crippen LogP contribution in [0, 0.1) is 0 Å². The van der Waals surface area contributed by atoms with Gasteiger partial charge in [0.15, 0.2) is 6.61 Å². The summed E-state index contributed by atoms with van der Waals surface area (Å²) >= 11 is 3.34. The lowest BCUT2D eigenvalue weighted by Gasteiger charge is -2.36. The molecule has 4 nitrogen and oxygen atoms in total. The summed E-state index contributed by atoms with van der Waals surface area (Å²) in [5.74, 6) is 0.480. The normalized spacial score (nSPS) is 17.5. The number of aliphatic hydroxyl groups is 1. The van der Waals surface area contributed by atoms with Gasteiger partial charge in [0.05, 0.1) is 12.1 Å². The summed E-state index contributed by atoms with van der Waals surface area (Å²) in [6, 6.07) is 7.34. The molecule has 2 rings (SSSR count). The molecule has 1 aliphatic carbocycles. The summed E-state index contributed by atoms with van der Waals surface area (Å²) in [5, 5.41) is 12.5. The molecular formula is C15H20BrNO3. The van der Waals surface area contributed by atoms with Gasteiger partial charge >= 0.3 is 0 Å². The molecule has 0 aliphatic heterocycles. The molecular weight excluding hydrogens is 322 g/mol. The molecule has 5 heteroatoms. The number of hydrogen-bond acceptors (Lipinski definition) is 3. The maximum atomic E-state index is 12.0. The third-order valence-electron chi connectivity index (χ3n) is 3.70. The zero-order valence-electron chi connectivity index (χ0n) is 11.4. The quantitative estimate of drug-likeness (QED) is 0.865. The maximum Gasteiger partial charge on any atom is 0.258 e. The predicted octanol–water partition coefficient (Wildman–Crippen LogP) is 2.64.